The lowest BCUT2D eigenvalue weighted by molar-refractivity contribution is -0.376. The van der Waals surface area contributed by atoms with Gasteiger partial charge in [-0.3, -0.25) is 4.79 Å². The SMILES string of the molecule is CO[C@@H]1C[C@H](O[C@H]2CC[C@@]3(C)C(=CC[C@H]4C(=O)O[C@@H]5CO[C@]6(C)OC=C(CC[C@@H]43)[C@H]56)C2)O[C@H](C)[C@H]1O[C@@H]1C[C@@H](OC)[C@@H](O[C@H]2C[C@@H](OC)[C@@H](O[C@@H]3O[C@H](CO)[C@@H](O[C@@H]4O[C@H](CO)[C@@H](O)[C@H](O)[C@H]4O)[C@H](O)[C@H]3O)[C@H](C)O2)[C@H](C)O1. The first kappa shape index (κ1) is 59.1. The number of carbonyl (C=O) groups is 1. The Labute approximate surface area is 454 Å². The zero-order valence-corrected chi connectivity index (χ0v) is 45.8. The highest BCUT2D eigenvalue weighted by Gasteiger charge is 2.59. The van der Waals surface area contributed by atoms with Crippen LogP contribution in [0.25, 0.3) is 0 Å². The highest BCUT2D eigenvalue weighted by molar-refractivity contribution is 5.74. The van der Waals surface area contributed by atoms with Crippen LogP contribution in [0.3, 0.4) is 0 Å². The van der Waals surface area contributed by atoms with Crippen molar-refractivity contribution in [2.24, 2.45) is 23.2 Å². The van der Waals surface area contributed by atoms with Crippen LogP contribution in [0.2, 0.25) is 0 Å². The highest BCUT2D eigenvalue weighted by Crippen LogP contribution is 2.57. The van der Waals surface area contributed by atoms with Crippen molar-refractivity contribution in [3.63, 3.8) is 0 Å². The first-order chi connectivity index (χ1) is 37.3. The zero-order valence-electron chi connectivity index (χ0n) is 45.8. The van der Waals surface area contributed by atoms with Gasteiger partial charge in [0.05, 0.1) is 80.6 Å². The normalized spacial score (nSPS) is 51.6. The average molecular weight is 1120 g/mol. The molecule has 7 N–H and O–H groups in total. The molecule has 0 bridgehead atoms. The maximum Gasteiger partial charge on any atom is 0.309 e. The van der Waals surface area contributed by atoms with Gasteiger partial charge in [-0.1, -0.05) is 18.6 Å². The number of esters is 1. The molecule has 0 radical (unpaired) electrons. The van der Waals surface area contributed by atoms with E-state index >= 15 is 0 Å². The number of allylic oxidation sites excluding steroid dienone is 1. The Balaban J connectivity index is 0.700. The Hall–Kier alpha value is -2.09. The van der Waals surface area contributed by atoms with Gasteiger partial charge < -0.3 is 112 Å². The van der Waals surface area contributed by atoms with E-state index in [1.165, 1.54) is 18.3 Å². The second-order valence-corrected chi connectivity index (χ2v) is 23.4. The minimum atomic E-state index is -1.80. The third kappa shape index (κ3) is 11.4. The zero-order chi connectivity index (χ0) is 55.5. The molecule has 2 aliphatic carbocycles. The number of fused-ring (bicyclic) bond motifs is 3. The third-order valence-corrected chi connectivity index (χ3v) is 18.7. The summed E-state index contributed by atoms with van der Waals surface area (Å²) in [6.45, 7) is 8.69. The van der Waals surface area contributed by atoms with E-state index in [4.69, 9.17) is 75.8 Å². The summed E-state index contributed by atoms with van der Waals surface area (Å²) in [7, 11) is 4.74. The largest absolute Gasteiger partial charge is 0.469 e. The number of hydrogen-bond acceptors (Lipinski definition) is 24. The number of rotatable bonds is 15. The molecule has 0 aromatic rings. The Bertz CT molecular complexity index is 2100. The summed E-state index contributed by atoms with van der Waals surface area (Å²) >= 11 is 0. The summed E-state index contributed by atoms with van der Waals surface area (Å²) in [5.41, 5.74) is 2.33. The predicted octanol–water partition coefficient (Wildman–Crippen LogP) is 0.336. The molecule has 7 saturated heterocycles. The van der Waals surface area contributed by atoms with Crippen molar-refractivity contribution in [2.45, 2.75) is 246 Å². The van der Waals surface area contributed by atoms with E-state index in [-0.39, 0.29) is 53.9 Å². The topological polar surface area (TPSA) is 306 Å². The molecule has 444 valence electrons. The Kier molecular flexibility index (Phi) is 18.4. The first-order valence-corrected chi connectivity index (χ1v) is 28.0. The molecule has 24 heteroatoms. The quantitative estimate of drug-likeness (QED) is 0.0859. The standard InChI is InChI=1S/C54H84O24/c1-23-46(31(63-6)16-37(68-23)71-28-13-14-53(4)27(15-28)10-11-29-30(53)12-9-26-21-66-54(5)40(26)36(22-67-54)72-50(29)62)75-38-17-32(64-7)47(24(2)69-38)76-39-18-33(65-8)48(25(3)70-39)77-52-45(61)43(59)49(35(20-56)74-52)78-51-44(60)42(58)41(57)34(19-55)73-51/h10,21,23-25,28-49,51-52,55-61H,9,11-20,22H2,1-8H3/t23-,24+,25+,28+,29-,30+,31-,32-,33-,34-,35-,36-,37+,38-,39+,40-,41-,42+,43-,44-,45-,46-,47+,48+,49-,51+,52+,53+,54+/m1/s1. The van der Waals surface area contributed by atoms with E-state index in [2.05, 4.69) is 13.0 Å². The molecule has 29 atom stereocenters. The van der Waals surface area contributed by atoms with E-state index in [0.717, 1.165) is 32.1 Å². The van der Waals surface area contributed by atoms with Crippen LogP contribution < -0.4 is 0 Å². The van der Waals surface area contributed by atoms with Crippen molar-refractivity contribution in [1.29, 1.82) is 0 Å². The number of aliphatic hydroxyl groups excluding tert-OH is 7. The fourth-order valence-electron chi connectivity index (χ4n) is 14.2. The van der Waals surface area contributed by atoms with Crippen molar-refractivity contribution in [3.8, 4) is 0 Å². The minimum absolute atomic E-state index is 0.0746. The summed E-state index contributed by atoms with van der Waals surface area (Å²) in [6, 6.07) is 0. The van der Waals surface area contributed by atoms with Crippen LogP contribution in [0.5, 0.6) is 0 Å². The van der Waals surface area contributed by atoms with Crippen molar-refractivity contribution >= 4 is 5.97 Å². The third-order valence-electron chi connectivity index (χ3n) is 18.7. The summed E-state index contributed by atoms with van der Waals surface area (Å²) in [4.78, 5) is 13.8. The molecule has 0 aromatic carbocycles. The summed E-state index contributed by atoms with van der Waals surface area (Å²) in [5.74, 6) is -1.08. The van der Waals surface area contributed by atoms with Crippen LogP contribution in [0.15, 0.2) is 23.5 Å². The van der Waals surface area contributed by atoms with Gasteiger partial charge >= 0.3 is 5.97 Å². The van der Waals surface area contributed by atoms with Gasteiger partial charge in [0.2, 0.25) is 5.79 Å². The molecule has 0 unspecified atom stereocenters. The molecule has 78 heavy (non-hydrogen) atoms. The lowest BCUT2D eigenvalue weighted by atomic mass is 9.55. The molecular formula is C54H84O24. The average Bonchev–Trinajstić information content (AvgIpc) is 4.16. The van der Waals surface area contributed by atoms with Gasteiger partial charge in [-0.05, 0) is 76.2 Å². The monoisotopic (exact) mass is 1120 g/mol. The van der Waals surface area contributed by atoms with E-state index in [9.17, 15) is 40.5 Å². The summed E-state index contributed by atoms with van der Waals surface area (Å²) < 4.78 is 98.6. The van der Waals surface area contributed by atoms with Gasteiger partial charge in [-0.25, -0.2) is 0 Å². The van der Waals surface area contributed by atoms with E-state index in [1.807, 2.05) is 27.0 Å². The molecule has 1 saturated carbocycles. The first-order valence-electron chi connectivity index (χ1n) is 28.0. The van der Waals surface area contributed by atoms with E-state index in [1.54, 1.807) is 21.1 Å². The van der Waals surface area contributed by atoms with Crippen molar-refractivity contribution in [1.82, 2.24) is 0 Å². The van der Waals surface area contributed by atoms with Crippen molar-refractivity contribution < 1.29 is 116 Å². The van der Waals surface area contributed by atoms with Crippen molar-refractivity contribution in [3.05, 3.63) is 23.5 Å². The summed E-state index contributed by atoms with van der Waals surface area (Å²) in [5, 5.41) is 73.2. The van der Waals surface area contributed by atoms with Crippen LogP contribution >= 0.6 is 0 Å². The van der Waals surface area contributed by atoms with Crippen LogP contribution in [-0.2, 0) is 80.6 Å². The van der Waals surface area contributed by atoms with Gasteiger partial charge in [-0.15, -0.1) is 0 Å². The molecule has 10 aliphatic rings. The molecule has 8 heterocycles. The summed E-state index contributed by atoms with van der Waals surface area (Å²) in [6.07, 6.45) is -13.9. The number of carbonyl (C=O) groups excluding carboxylic acids is 1. The van der Waals surface area contributed by atoms with Gasteiger partial charge in [0.1, 0.15) is 73.2 Å². The minimum Gasteiger partial charge on any atom is -0.469 e. The fourth-order valence-corrected chi connectivity index (χ4v) is 14.2. The lowest BCUT2D eigenvalue weighted by Gasteiger charge is -2.51. The van der Waals surface area contributed by atoms with Crippen molar-refractivity contribution in [2.75, 3.05) is 41.2 Å². The molecule has 0 amide bonds. The Morgan fingerprint density at radius 2 is 1.18 bits per heavy atom. The maximum atomic E-state index is 13.8. The van der Waals surface area contributed by atoms with Gasteiger partial charge in [0, 0.05) is 47.5 Å². The fraction of sp³-hybridized carbons (Fsp3) is 0.907. The second kappa shape index (κ2) is 24.2. The second-order valence-electron chi connectivity index (χ2n) is 23.4. The van der Waals surface area contributed by atoms with Gasteiger partial charge in [0.25, 0.3) is 0 Å². The van der Waals surface area contributed by atoms with E-state index in [0.29, 0.717) is 25.9 Å². The molecule has 8 fully saturated rings. The van der Waals surface area contributed by atoms with Crippen LogP contribution in [0, 0.1) is 23.2 Å². The highest BCUT2D eigenvalue weighted by atomic mass is 16.8. The molecule has 24 nitrogen and oxygen atoms in total. The van der Waals surface area contributed by atoms with Gasteiger partial charge in [0.15, 0.2) is 31.5 Å². The van der Waals surface area contributed by atoms with Crippen LogP contribution in [0.4, 0.5) is 0 Å². The molecular weight excluding hydrogens is 1030 g/mol. The Morgan fingerprint density at radius 1 is 0.641 bits per heavy atom. The van der Waals surface area contributed by atoms with Crippen LogP contribution in [-0.4, -0.2) is 236 Å². The molecule has 0 aromatic heterocycles. The smallest absolute Gasteiger partial charge is 0.309 e. The van der Waals surface area contributed by atoms with E-state index < -0.39 is 148 Å². The van der Waals surface area contributed by atoms with Gasteiger partial charge in [-0.2, -0.15) is 0 Å². The number of hydrogen-bond donors (Lipinski definition) is 7. The van der Waals surface area contributed by atoms with Crippen LogP contribution in [0.1, 0.15) is 92.4 Å². The lowest BCUT2D eigenvalue weighted by Crippen LogP contribution is -2.65. The molecule has 10 rings (SSSR count). The predicted molar refractivity (Wildman–Crippen MR) is 263 cm³/mol. The number of ether oxygens (including phenoxy) is 16. The number of methoxy groups -OCH3 is 3. The maximum absolute atomic E-state index is 13.8. The molecule has 8 aliphatic heterocycles. The number of aliphatic hydroxyl groups is 7. The molecule has 0 spiro atoms. The Morgan fingerprint density at radius 3 is 1.76 bits per heavy atom.